The number of aryl methyl sites for hydroxylation is 1. The molecule has 3 nitrogen and oxygen atoms in total. The Kier molecular flexibility index (Phi) is 6.44. The van der Waals surface area contributed by atoms with E-state index in [2.05, 4.69) is 57.7 Å². The Bertz CT molecular complexity index is 538. The van der Waals surface area contributed by atoms with E-state index >= 15 is 0 Å². The molecule has 1 atom stereocenters. The monoisotopic (exact) mass is 302 g/mol. The Hall–Kier alpha value is -1.53. The van der Waals surface area contributed by atoms with E-state index < -0.39 is 0 Å². The van der Waals surface area contributed by atoms with E-state index in [-0.39, 0.29) is 11.3 Å². The van der Waals surface area contributed by atoms with Crippen LogP contribution in [0.1, 0.15) is 58.2 Å². The number of hydrogen-bond acceptors (Lipinski definition) is 3. The number of nitriles is 1. The fourth-order valence-corrected chi connectivity index (χ4v) is 2.63. The SMILES string of the molecule is CCc1cc(CN(CC)CC(C)C#N)c(O)c(C(C)(C)C)c1. The molecule has 1 rings (SSSR count). The van der Waals surface area contributed by atoms with Crippen molar-refractivity contribution in [2.45, 2.75) is 59.9 Å². The first-order chi connectivity index (χ1) is 10.2. The van der Waals surface area contributed by atoms with Crippen molar-refractivity contribution in [2.24, 2.45) is 5.92 Å². The van der Waals surface area contributed by atoms with Gasteiger partial charge in [-0.15, -0.1) is 0 Å². The summed E-state index contributed by atoms with van der Waals surface area (Å²) in [5.74, 6) is 0.409. The molecule has 3 heteroatoms. The average molecular weight is 302 g/mol. The van der Waals surface area contributed by atoms with Gasteiger partial charge in [-0.2, -0.15) is 5.26 Å². The number of aromatic hydroxyl groups is 1. The van der Waals surface area contributed by atoms with Gasteiger partial charge >= 0.3 is 0 Å². The third kappa shape index (κ3) is 4.74. The van der Waals surface area contributed by atoms with Gasteiger partial charge in [0.05, 0.1) is 12.0 Å². The van der Waals surface area contributed by atoms with Gasteiger partial charge in [0.25, 0.3) is 0 Å². The lowest BCUT2D eigenvalue weighted by Gasteiger charge is -2.26. The third-order valence-corrected chi connectivity index (χ3v) is 4.06. The van der Waals surface area contributed by atoms with Crippen molar-refractivity contribution in [2.75, 3.05) is 13.1 Å². The van der Waals surface area contributed by atoms with Crippen molar-refractivity contribution >= 4 is 0 Å². The van der Waals surface area contributed by atoms with Crippen molar-refractivity contribution in [3.8, 4) is 11.8 Å². The molecule has 1 N–H and O–H groups in total. The molecular weight excluding hydrogens is 272 g/mol. The number of hydrogen-bond donors (Lipinski definition) is 1. The van der Waals surface area contributed by atoms with E-state index in [0.717, 1.165) is 30.6 Å². The van der Waals surface area contributed by atoms with Crippen LogP contribution in [0.25, 0.3) is 0 Å². The lowest BCUT2D eigenvalue weighted by molar-refractivity contribution is 0.256. The lowest BCUT2D eigenvalue weighted by Crippen LogP contribution is -2.28. The maximum atomic E-state index is 10.7. The molecule has 1 aromatic carbocycles. The van der Waals surface area contributed by atoms with Crippen molar-refractivity contribution in [1.82, 2.24) is 4.90 Å². The Morgan fingerprint density at radius 3 is 2.36 bits per heavy atom. The zero-order valence-electron chi connectivity index (χ0n) is 14.9. The number of rotatable bonds is 6. The Balaban J connectivity index is 3.15. The van der Waals surface area contributed by atoms with Crippen molar-refractivity contribution in [1.29, 1.82) is 5.26 Å². The van der Waals surface area contributed by atoms with Gasteiger partial charge in [-0.25, -0.2) is 0 Å². The van der Waals surface area contributed by atoms with E-state index in [4.69, 9.17) is 5.26 Å². The Labute approximate surface area is 135 Å². The van der Waals surface area contributed by atoms with Gasteiger partial charge in [0, 0.05) is 18.7 Å². The Morgan fingerprint density at radius 2 is 1.91 bits per heavy atom. The van der Waals surface area contributed by atoms with Gasteiger partial charge in [0.2, 0.25) is 0 Å². The maximum Gasteiger partial charge on any atom is 0.123 e. The second kappa shape index (κ2) is 7.65. The summed E-state index contributed by atoms with van der Waals surface area (Å²) in [5, 5.41) is 19.7. The van der Waals surface area contributed by atoms with E-state index in [1.807, 2.05) is 6.92 Å². The second-order valence-corrected chi connectivity index (χ2v) is 7.11. The second-order valence-electron chi connectivity index (χ2n) is 7.11. The number of nitrogens with zero attached hydrogens (tertiary/aromatic N) is 2. The summed E-state index contributed by atoms with van der Waals surface area (Å²) >= 11 is 0. The first kappa shape index (κ1) is 18.5. The van der Waals surface area contributed by atoms with E-state index in [1.54, 1.807) is 0 Å². The van der Waals surface area contributed by atoms with E-state index in [9.17, 15) is 5.11 Å². The number of phenols is 1. The highest BCUT2D eigenvalue weighted by Crippen LogP contribution is 2.35. The van der Waals surface area contributed by atoms with Gasteiger partial charge in [-0.05, 0) is 36.4 Å². The van der Waals surface area contributed by atoms with Gasteiger partial charge in [0.15, 0.2) is 0 Å². The minimum Gasteiger partial charge on any atom is -0.507 e. The summed E-state index contributed by atoms with van der Waals surface area (Å²) in [6.07, 6.45) is 0.955. The molecule has 0 saturated heterocycles. The minimum absolute atomic E-state index is 0.00135. The molecule has 0 bridgehead atoms. The summed E-state index contributed by atoms with van der Waals surface area (Å²) in [6.45, 7) is 14.8. The molecule has 1 aromatic rings. The highest BCUT2D eigenvalue weighted by Gasteiger charge is 2.22. The van der Waals surface area contributed by atoms with Gasteiger partial charge < -0.3 is 5.11 Å². The van der Waals surface area contributed by atoms with Crippen molar-refractivity contribution in [3.63, 3.8) is 0 Å². The molecule has 0 saturated carbocycles. The van der Waals surface area contributed by atoms with E-state index in [1.165, 1.54) is 5.56 Å². The van der Waals surface area contributed by atoms with Crippen LogP contribution in [0.2, 0.25) is 0 Å². The fraction of sp³-hybridized carbons (Fsp3) is 0.632. The summed E-state index contributed by atoms with van der Waals surface area (Å²) in [6, 6.07) is 6.50. The molecule has 0 amide bonds. The lowest BCUT2D eigenvalue weighted by atomic mass is 9.83. The summed E-state index contributed by atoms with van der Waals surface area (Å²) in [5.41, 5.74) is 3.14. The molecule has 0 radical (unpaired) electrons. The van der Waals surface area contributed by atoms with Crippen LogP contribution < -0.4 is 0 Å². The molecule has 22 heavy (non-hydrogen) atoms. The van der Waals surface area contributed by atoms with Crippen LogP contribution >= 0.6 is 0 Å². The number of phenolic OH excluding ortho intramolecular Hbond substituents is 1. The van der Waals surface area contributed by atoms with Crippen molar-refractivity contribution < 1.29 is 5.11 Å². The van der Waals surface area contributed by atoms with Gasteiger partial charge in [-0.3, -0.25) is 4.90 Å². The summed E-state index contributed by atoms with van der Waals surface area (Å²) in [7, 11) is 0. The average Bonchev–Trinajstić information content (AvgIpc) is 2.46. The van der Waals surface area contributed by atoms with Crippen molar-refractivity contribution in [3.05, 3.63) is 28.8 Å². The molecule has 122 valence electrons. The molecule has 0 aliphatic heterocycles. The van der Waals surface area contributed by atoms with Crippen LogP contribution in [0, 0.1) is 17.2 Å². The van der Waals surface area contributed by atoms with Crippen LogP contribution in [0.15, 0.2) is 12.1 Å². The molecule has 0 aromatic heterocycles. The summed E-state index contributed by atoms with van der Waals surface area (Å²) in [4.78, 5) is 2.22. The van der Waals surface area contributed by atoms with Crippen LogP contribution in [-0.4, -0.2) is 23.1 Å². The van der Waals surface area contributed by atoms with Crippen LogP contribution in [0.4, 0.5) is 0 Å². The largest absolute Gasteiger partial charge is 0.507 e. The predicted octanol–water partition coefficient (Wildman–Crippen LogP) is 4.23. The summed E-state index contributed by atoms with van der Waals surface area (Å²) < 4.78 is 0. The van der Waals surface area contributed by atoms with Gasteiger partial charge in [0.1, 0.15) is 5.75 Å². The van der Waals surface area contributed by atoms with Crippen LogP contribution in [0.3, 0.4) is 0 Å². The number of benzene rings is 1. The molecule has 0 aliphatic carbocycles. The fourth-order valence-electron chi connectivity index (χ4n) is 2.63. The maximum absolute atomic E-state index is 10.7. The third-order valence-electron chi connectivity index (χ3n) is 4.06. The minimum atomic E-state index is -0.0823. The molecule has 0 fully saturated rings. The highest BCUT2D eigenvalue weighted by atomic mass is 16.3. The van der Waals surface area contributed by atoms with E-state index in [0.29, 0.717) is 12.3 Å². The molecule has 0 heterocycles. The normalized spacial score (nSPS) is 13.2. The zero-order valence-corrected chi connectivity index (χ0v) is 14.9. The van der Waals surface area contributed by atoms with Crippen LogP contribution in [-0.2, 0) is 18.4 Å². The topological polar surface area (TPSA) is 47.3 Å². The first-order valence-corrected chi connectivity index (χ1v) is 8.20. The van der Waals surface area contributed by atoms with Crippen LogP contribution in [0.5, 0.6) is 5.75 Å². The molecule has 1 unspecified atom stereocenters. The Morgan fingerprint density at radius 1 is 1.27 bits per heavy atom. The molecule has 0 spiro atoms. The molecule has 0 aliphatic rings. The quantitative estimate of drug-likeness (QED) is 0.855. The smallest absolute Gasteiger partial charge is 0.123 e. The van der Waals surface area contributed by atoms with Gasteiger partial charge in [-0.1, -0.05) is 46.8 Å². The first-order valence-electron chi connectivity index (χ1n) is 8.20. The zero-order chi connectivity index (χ0) is 16.9. The highest BCUT2D eigenvalue weighted by molar-refractivity contribution is 5.47. The predicted molar refractivity (Wildman–Crippen MR) is 91.9 cm³/mol. The standard InChI is InChI=1S/C19H30N2O/c1-7-15-9-16(13-21(8-2)12-14(3)11-20)18(22)17(10-15)19(4,5)6/h9-10,14,22H,7-8,12-13H2,1-6H3. The molecular formula is C19H30N2O.